The van der Waals surface area contributed by atoms with Gasteiger partial charge in [0.2, 0.25) is 0 Å². The van der Waals surface area contributed by atoms with Gasteiger partial charge in [-0.15, -0.1) is 0 Å². The van der Waals surface area contributed by atoms with E-state index in [0.717, 1.165) is 33.3 Å². The monoisotopic (exact) mass is 528 g/mol. The van der Waals surface area contributed by atoms with E-state index in [4.69, 9.17) is 9.84 Å². The fraction of sp³-hybridized carbons (Fsp3) is 0.333. The molecule has 0 aliphatic carbocycles. The van der Waals surface area contributed by atoms with Gasteiger partial charge in [-0.3, -0.25) is 4.79 Å². The smallest absolute Gasteiger partial charge is 0.341 e. The van der Waals surface area contributed by atoms with Gasteiger partial charge in [-0.1, -0.05) is 71.0 Å². The molecule has 0 radical (unpaired) electrons. The Balaban J connectivity index is 0.00000205. The van der Waals surface area contributed by atoms with Crippen LogP contribution < -0.4 is 10.1 Å². The van der Waals surface area contributed by atoms with E-state index >= 15 is 0 Å². The van der Waals surface area contributed by atoms with Crippen LogP contribution in [-0.4, -0.2) is 28.2 Å². The molecule has 0 aliphatic heterocycles. The summed E-state index contributed by atoms with van der Waals surface area (Å²) in [6.45, 7) is 15.5. The standard InChI is InChI=1S/C31H34N2O4.C2H6/c1-20-21(2)33(18-23-8-13-26(14-9-23)37-19-29(34)35)28-15-10-24(16-27(20)28)30(36)32-17-22-6-11-25(12-7-22)31(3,4)5;1-2/h6-16H,17-19H2,1-5H3,(H,32,36)(H,34,35);1-2H3. The third-order valence-electron chi connectivity index (χ3n) is 6.80. The van der Waals surface area contributed by atoms with Crippen LogP contribution in [0.15, 0.2) is 66.7 Å². The minimum Gasteiger partial charge on any atom is -0.482 e. The van der Waals surface area contributed by atoms with E-state index in [9.17, 15) is 9.59 Å². The number of hydrogen-bond acceptors (Lipinski definition) is 3. The Kier molecular flexibility index (Phi) is 9.57. The van der Waals surface area contributed by atoms with Gasteiger partial charge < -0.3 is 19.7 Å². The lowest BCUT2D eigenvalue weighted by Crippen LogP contribution is -2.22. The zero-order valence-electron chi connectivity index (χ0n) is 24.1. The predicted octanol–water partition coefficient (Wildman–Crippen LogP) is 7.02. The molecule has 0 atom stereocenters. The van der Waals surface area contributed by atoms with E-state index in [1.807, 2.05) is 44.2 Å². The summed E-state index contributed by atoms with van der Waals surface area (Å²) in [6.07, 6.45) is 0. The first kappa shape index (κ1) is 29.5. The molecule has 6 heteroatoms. The van der Waals surface area contributed by atoms with Gasteiger partial charge in [0.05, 0.1) is 0 Å². The molecule has 0 saturated heterocycles. The molecule has 4 aromatic rings. The van der Waals surface area contributed by atoms with E-state index in [1.165, 1.54) is 5.56 Å². The highest BCUT2D eigenvalue weighted by Gasteiger charge is 2.15. The Morgan fingerprint density at radius 2 is 1.51 bits per heavy atom. The van der Waals surface area contributed by atoms with Crippen molar-refractivity contribution < 1.29 is 19.4 Å². The minimum absolute atomic E-state index is 0.0939. The van der Waals surface area contributed by atoms with Gasteiger partial charge in [0.25, 0.3) is 5.91 Å². The molecule has 6 nitrogen and oxygen atoms in total. The van der Waals surface area contributed by atoms with Crippen LogP contribution in [0.25, 0.3) is 10.9 Å². The number of ether oxygens (including phenoxy) is 1. The van der Waals surface area contributed by atoms with Crippen molar-refractivity contribution in [2.45, 2.75) is 67.0 Å². The molecule has 2 N–H and O–H groups in total. The van der Waals surface area contributed by atoms with Crippen molar-refractivity contribution in [1.82, 2.24) is 9.88 Å². The molecule has 206 valence electrons. The Bertz CT molecular complexity index is 1430. The van der Waals surface area contributed by atoms with Crippen LogP contribution in [0.1, 0.15) is 72.9 Å². The third kappa shape index (κ3) is 7.29. The first-order valence-electron chi connectivity index (χ1n) is 13.4. The molecule has 0 bridgehead atoms. The summed E-state index contributed by atoms with van der Waals surface area (Å²) in [7, 11) is 0. The molecule has 39 heavy (non-hydrogen) atoms. The summed E-state index contributed by atoms with van der Waals surface area (Å²) < 4.78 is 7.46. The lowest BCUT2D eigenvalue weighted by atomic mass is 9.87. The molecule has 4 rings (SSSR count). The Morgan fingerprint density at radius 3 is 2.10 bits per heavy atom. The number of nitrogens with zero attached hydrogens (tertiary/aromatic N) is 1. The van der Waals surface area contributed by atoms with E-state index in [1.54, 1.807) is 12.1 Å². The number of aryl methyl sites for hydroxylation is 1. The highest BCUT2D eigenvalue weighted by molar-refractivity contribution is 5.99. The maximum atomic E-state index is 12.9. The van der Waals surface area contributed by atoms with Crippen molar-refractivity contribution in [2.75, 3.05) is 6.61 Å². The highest BCUT2D eigenvalue weighted by Crippen LogP contribution is 2.28. The second kappa shape index (κ2) is 12.7. The molecule has 1 heterocycles. The second-order valence-corrected chi connectivity index (χ2v) is 10.5. The Labute approximate surface area is 231 Å². The summed E-state index contributed by atoms with van der Waals surface area (Å²) in [5, 5.41) is 12.9. The Hall–Kier alpha value is -4.06. The summed E-state index contributed by atoms with van der Waals surface area (Å²) in [5.74, 6) is -0.572. The number of aromatic nitrogens is 1. The van der Waals surface area contributed by atoms with Crippen LogP contribution in [0, 0.1) is 13.8 Å². The molecular formula is C33H40N2O4. The first-order chi connectivity index (χ1) is 18.5. The minimum atomic E-state index is -1.00. The van der Waals surface area contributed by atoms with Gasteiger partial charge in [-0.05, 0) is 71.8 Å². The van der Waals surface area contributed by atoms with Gasteiger partial charge in [-0.2, -0.15) is 0 Å². The van der Waals surface area contributed by atoms with Crippen molar-refractivity contribution in [2.24, 2.45) is 0 Å². The van der Waals surface area contributed by atoms with Crippen molar-refractivity contribution in [1.29, 1.82) is 0 Å². The van der Waals surface area contributed by atoms with Crippen LogP contribution in [0.4, 0.5) is 0 Å². The van der Waals surface area contributed by atoms with Gasteiger partial charge >= 0.3 is 5.97 Å². The number of rotatable bonds is 8. The molecule has 3 aromatic carbocycles. The molecule has 0 unspecified atom stereocenters. The quantitative estimate of drug-likeness (QED) is 0.257. The summed E-state index contributed by atoms with van der Waals surface area (Å²) >= 11 is 0. The zero-order chi connectivity index (χ0) is 28.7. The number of aliphatic carboxylic acids is 1. The molecule has 0 fully saturated rings. The van der Waals surface area contributed by atoms with E-state index in [0.29, 0.717) is 24.4 Å². The molecule has 1 amide bonds. The average molecular weight is 529 g/mol. The maximum absolute atomic E-state index is 12.9. The van der Waals surface area contributed by atoms with E-state index < -0.39 is 5.97 Å². The fourth-order valence-electron chi connectivity index (χ4n) is 4.42. The fourth-order valence-corrected chi connectivity index (χ4v) is 4.42. The van der Waals surface area contributed by atoms with Gasteiger partial charge in [0.15, 0.2) is 6.61 Å². The molecule has 0 spiro atoms. The first-order valence-corrected chi connectivity index (χ1v) is 13.4. The van der Waals surface area contributed by atoms with Crippen molar-refractivity contribution in [3.63, 3.8) is 0 Å². The summed E-state index contributed by atoms with van der Waals surface area (Å²) in [4.78, 5) is 23.6. The summed E-state index contributed by atoms with van der Waals surface area (Å²) in [6, 6.07) is 21.7. The highest BCUT2D eigenvalue weighted by atomic mass is 16.5. The lowest BCUT2D eigenvalue weighted by Gasteiger charge is -2.19. The van der Waals surface area contributed by atoms with Crippen LogP contribution in [0.2, 0.25) is 0 Å². The average Bonchev–Trinajstić information content (AvgIpc) is 3.16. The van der Waals surface area contributed by atoms with Crippen molar-refractivity contribution >= 4 is 22.8 Å². The number of carbonyl (C=O) groups excluding carboxylic acids is 1. The van der Waals surface area contributed by atoms with Crippen LogP contribution in [0.3, 0.4) is 0 Å². The van der Waals surface area contributed by atoms with Crippen LogP contribution >= 0.6 is 0 Å². The number of carbonyl (C=O) groups is 2. The number of amides is 1. The lowest BCUT2D eigenvalue weighted by molar-refractivity contribution is -0.139. The van der Waals surface area contributed by atoms with Crippen molar-refractivity contribution in [3.8, 4) is 5.75 Å². The number of hydrogen-bond donors (Lipinski definition) is 2. The number of benzene rings is 3. The third-order valence-corrected chi connectivity index (χ3v) is 6.80. The normalized spacial score (nSPS) is 11.1. The SMILES string of the molecule is CC.Cc1c(C)n(Cc2ccc(OCC(=O)O)cc2)c2ccc(C(=O)NCc3ccc(C(C)(C)C)cc3)cc12. The molecular weight excluding hydrogens is 488 g/mol. The molecule has 0 saturated carbocycles. The predicted molar refractivity (Wildman–Crippen MR) is 158 cm³/mol. The number of fused-ring (bicyclic) bond motifs is 1. The van der Waals surface area contributed by atoms with E-state index in [2.05, 4.69) is 68.8 Å². The Morgan fingerprint density at radius 1 is 0.897 bits per heavy atom. The van der Waals surface area contributed by atoms with Gasteiger partial charge in [0, 0.05) is 35.2 Å². The topological polar surface area (TPSA) is 80.6 Å². The summed E-state index contributed by atoms with van der Waals surface area (Å²) in [5.41, 5.74) is 7.49. The second-order valence-electron chi connectivity index (χ2n) is 10.5. The number of nitrogens with one attached hydrogen (secondary N) is 1. The van der Waals surface area contributed by atoms with Gasteiger partial charge in [-0.25, -0.2) is 4.79 Å². The maximum Gasteiger partial charge on any atom is 0.341 e. The van der Waals surface area contributed by atoms with E-state index in [-0.39, 0.29) is 17.9 Å². The molecule has 0 aliphatic rings. The van der Waals surface area contributed by atoms with Gasteiger partial charge in [0.1, 0.15) is 5.75 Å². The van der Waals surface area contributed by atoms with Crippen LogP contribution in [-0.2, 0) is 23.3 Å². The number of carboxylic acids is 1. The zero-order valence-corrected chi connectivity index (χ0v) is 24.1. The van der Waals surface area contributed by atoms with Crippen LogP contribution in [0.5, 0.6) is 5.75 Å². The molecule has 1 aromatic heterocycles. The number of carboxylic acid groups (broad SMARTS) is 1. The largest absolute Gasteiger partial charge is 0.482 e. The van der Waals surface area contributed by atoms with Crippen molar-refractivity contribution in [3.05, 3.63) is 100 Å².